The minimum absolute atomic E-state index is 0.0815. The fourth-order valence-corrected chi connectivity index (χ4v) is 2.13. The fraction of sp³-hybridized carbons (Fsp3) is 0.125. The smallest absolute Gasteiger partial charge is 0.262 e. The summed E-state index contributed by atoms with van der Waals surface area (Å²) in [5, 5.41) is 5.50. The van der Waals surface area contributed by atoms with Crippen molar-refractivity contribution in [3.8, 4) is 5.75 Å². The Labute approximate surface area is 121 Å². The van der Waals surface area contributed by atoms with Crippen molar-refractivity contribution in [2.75, 3.05) is 17.2 Å². The highest BCUT2D eigenvalue weighted by molar-refractivity contribution is 6.09. The van der Waals surface area contributed by atoms with Crippen molar-refractivity contribution in [2.24, 2.45) is 0 Å². The maximum absolute atomic E-state index is 12.3. The number of carbonyl (C=O) groups excluding carboxylic acids is 2. The van der Waals surface area contributed by atoms with Crippen LogP contribution in [0.5, 0.6) is 5.75 Å². The van der Waals surface area contributed by atoms with Crippen LogP contribution < -0.4 is 15.4 Å². The third-order valence-corrected chi connectivity index (χ3v) is 3.19. The van der Waals surface area contributed by atoms with Gasteiger partial charge >= 0.3 is 0 Å². The van der Waals surface area contributed by atoms with Gasteiger partial charge in [0.2, 0.25) is 0 Å². The van der Waals surface area contributed by atoms with E-state index in [1.807, 2.05) is 31.2 Å². The molecule has 5 heteroatoms. The lowest BCUT2D eigenvalue weighted by atomic mass is 10.1. The summed E-state index contributed by atoms with van der Waals surface area (Å²) in [6, 6.07) is 12.6. The molecule has 106 valence electrons. The summed E-state index contributed by atoms with van der Waals surface area (Å²) in [6.07, 6.45) is 0. The summed E-state index contributed by atoms with van der Waals surface area (Å²) in [7, 11) is 0. The molecule has 0 bridgehead atoms. The van der Waals surface area contributed by atoms with Gasteiger partial charge in [0.15, 0.2) is 12.4 Å². The van der Waals surface area contributed by atoms with Crippen molar-refractivity contribution >= 4 is 23.2 Å². The predicted molar refractivity (Wildman–Crippen MR) is 79.7 cm³/mol. The van der Waals surface area contributed by atoms with Gasteiger partial charge in [-0.1, -0.05) is 23.8 Å². The van der Waals surface area contributed by atoms with Gasteiger partial charge in [0.1, 0.15) is 0 Å². The second-order valence-corrected chi connectivity index (χ2v) is 4.84. The molecule has 0 saturated carbocycles. The molecule has 3 rings (SSSR count). The Kier molecular flexibility index (Phi) is 3.31. The molecule has 0 aliphatic carbocycles. The summed E-state index contributed by atoms with van der Waals surface area (Å²) in [4.78, 5) is 23.6. The molecule has 0 aromatic heterocycles. The number of carbonyl (C=O) groups is 2. The Hall–Kier alpha value is -2.82. The summed E-state index contributed by atoms with van der Waals surface area (Å²) in [5.74, 6) is -0.0906. The first kappa shape index (κ1) is 13.2. The molecule has 1 aliphatic heterocycles. The second-order valence-electron chi connectivity index (χ2n) is 4.84. The lowest BCUT2D eigenvalue weighted by molar-refractivity contribution is -0.118. The summed E-state index contributed by atoms with van der Waals surface area (Å²) < 4.78 is 5.37. The summed E-state index contributed by atoms with van der Waals surface area (Å²) in [6.45, 7) is 1.90. The maximum Gasteiger partial charge on any atom is 0.262 e. The van der Waals surface area contributed by atoms with Crippen molar-refractivity contribution in [1.29, 1.82) is 0 Å². The van der Waals surface area contributed by atoms with E-state index in [0.717, 1.165) is 5.56 Å². The molecule has 0 atom stereocenters. The fourth-order valence-electron chi connectivity index (χ4n) is 2.13. The molecule has 2 aromatic carbocycles. The third kappa shape index (κ3) is 2.72. The third-order valence-electron chi connectivity index (χ3n) is 3.19. The molecule has 1 heterocycles. The quantitative estimate of drug-likeness (QED) is 0.889. The van der Waals surface area contributed by atoms with Crippen LogP contribution in [0.1, 0.15) is 15.9 Å². The van der Waals surface area contributed by atoms with Crippen LogP contribution in [0.25, 0.3) is 0 Å². The van der Waals surface area contributed by atoms with E-state index in [2.05, 4.69) is 10.6 Å². The molecule has 2 amide bonds. The predicted octanol–water partition coefficient (Wildman–Crippen LogP) is 2.58. The van der Waals surface area contributed by atoms with Crippen LogP contribution in [-0.4, -0.2) is 18.4 Å². The van der Waals surface area contributed by atoms with Crippen molar-refractivity contribution in [1.82, 2.24) is 0 Å². The SMILES string of the molecule is Cc1ccc(NC(=O)c2cccc3c2OCC(=O)N3)cc1. The van der Waals surface area contributed by atoms with Crippen LogP contribution in [0.4, 0.5) is 11.4 Å². The Morgan fingerprint density at radius 1 is 1.19 bits per heavy atom. The first-order valence-electron chi connectivity index (χ1n) is 6.57. The topological polar surface area (TPSA) is 67.4 Å². The van der Waals surface area contributed by atoms with E-state index in [-0.39, 0.29) is 18.4 Å². The molecule has 2 N–H and O–H groups in total. The number of aryl methyl sites for hydroxylation is 1. The number of para-hydroxylation sites is 1. The number of anilines is 2. The zero-order valence-corrected chi connectivity index (χ0v) is 11.5. The lowest BCUT2D eigenvalue weighted by Gasteiger charge is -2.20. The van der Waals surface area contributed by atoms with Gasteiger partial charge in [-0.05, 0) is 31.2 Å². The van der Waals surface area contributed by atoms with Gasteiger partial charge in [-0.2, -0.15) is 0 Å². The summed E-state index contributed by atoms with van der Waals surface area (Å²) >= 11 is 0. The summed E-state index contributed by atoms with van der Waals surface area (Å²) in [5.41, 5.74) is 2.75. The molecule has 0 spiro atoms. The average Bonchev–Trinajstić information content (AvgIpc) is 2.48. The van der Waals surface area contributed by atoms with E-state index >= 15 is 0 Å². The van der Waals surface area contributed by atoms with Gasteiger partial charge in [0.05, 0.1) is 11.3 Å². The van der Waals surface area contributed by atoms with Gasteiger partial charge < -0.3 is 15.4 Å². The van der Waals surface area contributed by atoms with E-state index in [1.165, 1.54) is 0 Å². The van der Waals surface area contributed by atoms with Crippen LogP contribution >= 0.6 is 0 Å². The minimum atomic E-state index is -0.271. The first-order chi connectivity index (χ1) is 10.1. The number of nitrogens with one attached hydrogen (secondary N) is 2. The molecule has 0 saturated heterocycles. The number of benzene rings is 2. The van der Waals surface area contributed by atoms with Crippen molar-refractivity contribution in [2.45, 2.75) is 6.92 Å². The molecule has 0 fully saturated rings. The average molecular weight is 282 g/mol. The molecular weight excluding hydrogens is 268 g/mol. The highest BCUT2D eigenvalue weighted by atomic mass is 16.5. The monoisotopic (exact) mass is 282 g/mol. The first-order valence-corrected chi connectivity index (χ1v) is 6.57. The molecule has 21 heavy (non-hydrogen) atoms. The van der Waals surface area contributed by atoms with E-state index in [9.17, 15) is 9.59 Å². The zero-order chi connectivity index (χ0) is 14.8. The van der Waals surface area contributed by atoms with Crippen LogP contribution in [0.2, 0.25) is 0 Å². The normalized spacial score (nSPS) is 12.9. The van der Waals surface area contributed by atoms with Crippen LogP contribution in [0.15, 0.2) is 42.5 Å². The van der Waals surface area contributed by atoms with E-state index in [1.54, 1.807) is 18.2 Å². The van der Waals surface area contributed by atoms with Gasteiger partial charge in [0.25, 0.3) is 11.8 Å². The molecule has 0 radical (unpaired) electrons. The van der Waals surface area contributed by atoms with Crippen molar-refractivity contribution in [3.63, 3.8) is 0 Å². The van der Waals surface area contributed by atoms with Gasteiger partial charge in [0, 0.05) is 5.69 Å². The van der Waals surface area contributed by atoms with E-state index < -0.39 is 0 Å². The lowest BCUT2D eigenvalue weighted by Crippen LogP contribution is -2.27. The van der Waals surface area contributed by atoms with Gasteiger partial charge in [-0.15, -0.1) is 0 Å². The maximum atomic E-state index is 12.3. The van der Waals surface area contributed by atoms with Crippen LogP contribution in [0.3, 0.4) is 0 Å². The number of amides is 2. The highest BCUT2D eigenvalue weighted by Gasteiger charge is 2.22. The molecule has 5 nitrogen and oxygen atoms in total. The Bertz CT molecular complexity index is 708. The van der Waals surface area contributed by atoms with E-state index in [4.69, 9.17) is 4.74 Å². The Morgan fingerprint density at radius 3 is 2.71 bits per heavy atom. The standard InChI is InChI=1S/C16H14N2O3/c1-10-5-7-11(8-6-10)17-16(20)12-3-2-4-13-15(12)21-9-14(19)18-13/h2-8H,9H2,1H3,(H,17,20)(H,18,19). The number of rotatable bonds is 2. The van der Waals surface area contributed by atoms with E-state index in [0.29, 0.717) is 22.7 Å². The molecule has 2 aromatic rings. The highest BCUT2D eigenvalue weighted by Crippen LogP contribution is 2.31. The van der Waals surface area contributed by atoms with Crippen molar-refractivity contribution < 1.29 is 14.3 Å². The van der Waals surface area contributed by atoms with Crippen LogP contribution in [-0.2, 0) is 4.79 Å². The number of ether oxygens (including phenoxy) is 1. The largest absolute Gasteiger partial charge is 0.481 e. The second kappa shape index (κ2) is 5.28. The molecule has 1 aliphatic rings. The zero-order valence-electron chi connectivity index (χ0n) is 11.5. The number of hydrogen-bond acceptors (Lipinski definition) is 3. The number of hydrogen-bond donors (Lipinski definition) is 2. The van der Waals surface area contributed by atoms with Crippen LogP contribution in [0, 0.1) is 6.92 Å². The number of fused-ring (bicyclic) bond motifs is 1. The Morgan fingerprint density at radius 2 is 1.95 bits per heavy atom. The van der Waals surface area contributed by atoms with Gasteiger partial charge in [-0.3, -0.25) is 9.59 Å². The van der Waals surface area contributed by atoms with Crippen molar-refractivity contribution in [3.05, 3.63) is 53.6 Å². The Balaban J connectivity index is 1.87. The minimum Gasteiger partial charge on any atom is -0.481 e. The van der Waals surface area contributed by atoms with Gasteiger partial charge in [-0.25, -0.2) is 0 Å². The molecule has 0 unspecified atom stereocenters. The molecular formula is C16H14N2O3.